The quantitative estimate of drug-likeness (QED) is 0.876. The van der Waals surface area contributed by atoms with E-state index < -0.39 is 5.82 Å². The zero-order valence-corrected chi connectivity index (χ0v) is 12.0. The third-order valence-corrected chi connectivity index (χ3v) is 3.76. The number of nitriles is 1. The van der Waals surface area contributed by atoms with Gasteiger partial charge in [0.15, 0.2) is 5.16 Å². The molecule has 0 aliphatic heterocycles. The number of nitrogens with two attached hydrogens (primary N) is 1. The average molecular weight is 291 g/mol. The molecule has 2 aromatic rings. The first-order valence-electron chi connectivity index (χ1n) is 6.05. The van der Waals surface area contributed by atoms with Crippen molar-refractivity contribution in [1.29, 1.82) is 5.26 Å². The largest absolute Gasteiger partial charge is 0.368 e. The Morgan fingerprint density at radius 1 is 1.45 bits per heavy atom. The number of hydrogen-bond acceptors (Lipinski definition) is 5. The summed E-state index contributed by atoms with van der Waals surface area (Å²) >= 11 is 1.34. The molecule has 1 aromatic carbocycles. The molecule has 0 atom stereocenters. The highest BCUT2D eigenvalue weighted by Gasteiger charge is 2.14. The predicted molar refractivity (Wildman–Crippen MR) is 75.5 cm³/mol. The monoisotopic (exact) mass is 291 g/mol. The maximum Gasteiger partial charge on any atom is 0.222 e. The van der Waals surface area contributed by atoms with Gasteiger partial charge in [0.1, 0.15) is 11.9 Å². The molecule has 20 heavy (non-hydrogen) atoms. The Hall–Kier alpha value is -2.07. The van der Waals surface area contributed by atoms with Crippen LogP contribution in [0.15, 0.2) is 23.4 Å². The van der Waals surface area contributed by atoms with Gasteiger partial charge in [-0.2, -0.15) is 5.26 Å². The van der Waals surface area contributed by atoms with Gasteiger partial charge in [-0.3, -0.25) is 4.57 Å². The summed E-state index contributed by atoms with van der Waals surface area (Å²) in [6.45, 7) is 3.95. The molecule has 0 aliphatic carbocycles. The van der Waals surface area contributed by atoms with Gasteiger partial charge in [-0.25, -0.2) is 4.39 Å². The van der Waals surface area contributed by atoms with Gasteiger partial charge >= 0.3 is 0 Å². The van der Waals surface area contributed by atoms with Gasteiger partial charge in [-0.15, -0.1) is 10.2 Å². The summed E-state index contributed by atoms with van der Waals surface area (Å²) in [4.78, 5) is 0. The Morgan fingerprint density at radius 2 is 2.20 bits per heavy atom. The third-order valence-electron chi connectivity index (χ3n) is 2.76. The predicted octanol–water partition coefficient (Wildman–Crippen LogP) is 2.74. The molecule has 2 rings (SSSR count). The van der Waals surface area contributed by atoms with E-state index in [4.69, 9.17) is 11.0 Å². The van der Waals surface area contributed by atoms with Crippen LogP contribution in [0.4, 0.5) is 10.3 Å². The summed E-state index contributed by atoms with van der Waals surface area (Å²) in [5.41, 5.74) is 6.26. The lowest BCUT2D eigenvalue weighted by Gasteiger charge is -2.11. The summed E-state index contributed by atoms with van der Waals surface area (Å²) in [5.74, 6) is 0.228. The first-order valence-corrected chi connectivity index (χ1v) is 7.03. The number of thioether (sulfide) groups is 1. The number of halogens is 1. The maximum atomic E-state index is 13.9. The van der Waals surface area contributed by atoms with Crippen LogP contribution in [0.5, 0.6) is 0 Å². The van der Waals surface area contributed by atoms with E-state index in [2.05, 4.69) is 10.2 Å². The van der Waals surface area contributed by atoms with Crippen LogP contribution >= 0.6 is 11.8 Å². The molecule has 0 radical (unpaired) electrons. The lowest BCUT2D eigenvalue weighted by atomic mass is 10.1. The molecule has 1 aromatic heterocycles. The van der Waals surface area contributed by atoms with E-state index in [9.17, 15) is 4.39 Å². The lowest BCUT2D eigenvalue weighted by Crippen LogP contribution is -2.07. The van der Waals surface area contributed by atoms with Gasteiger partial charge in [0.25, 0.3) is 0 Å². The molecule has 0 spiro atoms. The van der Waals surface area contributed by atoms with Crippen molar-refractivity contribution in [3.05, 3.63) is 35.1 Å². The summed E-state index contributed by atoms with van der Waals surface area (Å²) in [6, 6.07) is 6.74. The second-order valence-corrected chi connectivity index (χ2v) is 5.43. The molecule has 5 nitrogen and oxygen atoms in total. The van der Waals surface area contributed by atoms with Gasteiger partial charge in [-0.1, -0.05) is 23.9 Å². The molecule has 0 bridgehead atoms. The van der Waals surface area contributed by atoms with Crippen LogP contribution in [0, 0.1) is 17.1 Å². The first-order chi connectivity index (χ1) is 9.54. The second kappa shape index (κ2) is 5.92. The number of hydrogen-bond donors (Lipinski definition) is 1. The fraction of sp³-hybridized carbons (Fsp3) is 0.308. The molecular weight excluding hydrogens is 277 g/mol. The average Bonchev–Trinajstić information content (AvgIpc) is 2.79. The zero-order valence-electron chi connectivity index (χ0n) is 11.2. The number of nitrogen functional groups attached to an aromatic ring is 1. The molecule has 7 heteroatoms. The van der Waals surface area contributed by atoms with Crippen LogP contribution in [0.3, 0.4) is 0 Å². The SMILES string of the molecule is CC(C)n1c(N)nnc1SCc1cccc(C#N)c1F. The summed E-state index contributed by atoms with van der Waals surface area (Å²) in [5, 5.41) is 17.3. The Bertz CT molecular complexity index is 659. The van der Waals surface area contributed by atoms with Crippen LogP contribution < -0.4 is 5.73 Å². The summed E-state index contributed by atoms with van der Waals surface area (Å²) in [6.07, 6.45) is 0. The van der Waals surface area contributed by atoms with Crippen molar-refractivity contribution in [3.8, 4) is 6.07 Å². The number of anilines is 1. The first kappa shape index (κ1) is 14.3. The molecule has 0 amide bonds. The zero-order chi connectivity index (χ0) is 14.7. The van der Waals surface area contributed by atoms with Crippen LogP contribution in [0.1, 0.15) is 31.0 Å². The van der Waals surface area contributed by atoms with E-state index in [0.717, 1.165) is 0 Å². The molecule has 0 fully saturated rings. The molecule has 104 valence electrons. The molecule has 2 N–H and O–H groups in total. The smallest absolute Gasteiger partial charge is 0.222 e. The Balaban J connectivity index is 2.20. The van der Waals surface area contributed by atoms with Gasteiger partial charge in [0.2, 0.25) is 5.95 Å². The van der Waals surface area contributed by atoms with E-state index in [1.807, 2.05) is 19.9 Å². The van der Waals surface area contributed by atoms with Crippen molar-refractivity contribution in [2.75, 3.05) is 5.73 Å². The van der Waals surface area contributed by atoms with Crippen LogP contribution in [-0.4, -0.2) is 14.8 Å². The molecule has 0 saturated heterocycles. The number of aromatic nitrogens is 3. The number of nitrogens with zero attached hydrogens (tertiary/aromatic N) is 4. The third kappa shape index (κ3) is 2.75. The molecule has 0 saturated carbocycles. The summed E-state index contributed by atoms with van der Waals surface area (Å²) in [7, 11) is 0. The standard InChI is InChI=1S/C13H14FN5S/c1-8(2)19-12(16)17-18-13(19)20-7-10-5-3-4-9(6-15)11(10)14/h3-5,8H,7H2,1-2H3,(H2,16,17). The summed E-state index contributed by atoms with van der Waals surface area (Å²) < 4.78 is 15.7. The maximum absolute atomic E-state index is 13.9. The second-order valence-electron chi connectivity index (χ2n) is 4.48. The van der Waals surface area contributed by atoms with Crippen molar-refractivity contribution in [2.24, 2.45) is 0 Å². The normalized spacial score (nSPS) is 10.8. The lowest BCUT2D eigenvalue weighted by molar-refractivity contribution is 0.557. The fourth-order valence-corrected chi connectivity index (χ4v) is 2.84. The highest BCUT2D eigenvalue weighted by atomic mass is 32.2. The van der Waals surface area contributed by atoms with Crippen LogP contribution in [0.25, 0.3) is 0 Å². The highest BCUT2D eigenvalue weighted by Crippen LogP contribution is 2.27. The van der Waals surface area contributed by atoms with Crippen molar-refractivity contribution < 1.29 is 4.39 Å². The van der Waals surface area contributed by atoms with E-state index in [-0.39, 0.29) is 11.6 Å². The minimum absolute atomic E-state index is 0.0490. The van der Waals surface area contributed by atoms with Crippen molar-refractivity contribution in [3.63, 3.8) is 0 Å². The Kier molecular flexibility index (Phi) is 4.25. The number of rotatable bonds is 4. The number of benzene rings is 1. The van der Waals surface area contributed by atoms with E-state index in [1.165, 1.54) is 17.8 Å². The van der Waals surface area contributed by atoms with Crippen molar-refractivity contribution >= 4 is 17.7 Å². The Labute approximate surface area is 120 Å². The highest BCUT2D eigenvalue weighted by molar-refractivity contribution is 7.98. The van der Waals surface area contributed by atoms with Gasteiger partial charge in [-0.05, 0) is 25.5 Å². The van der Waals surface area contributed by atoms with E-state index in [1.54, 1.807) is 16.7 Å². The van der Waals surface area contributed by atoms with Crippen LogP contribution in [-0.2, 0) is 5.75 Å². The molecule has 0 unspecified atom stereocenters. The molecule has 1 heterocycles. The van der Waals surface area contributed by atoms with Crippen LogP contribution in [0.2, 0.25) is 0 Å². The minimum atomic E-state index is -0.480. The van der Waals surface area contributed by atoms with Crippen molar-refractivity contribution in [2.45, 2.75) is 30.8 Å². The van der Waals surface area contributed by atoms with Gasteiger partial charge in [0.05, 0.1) is 5.56 Å². The van der Waals surface area contributed by atoms with E-state index in [0.29, 0.717) is 22.4 Å². The van der Waals surface area contributed by atoms with Gasteiger partial charge in [0, 0.05) is 11.8 Å². The van der Waals surface area contributed by atoms with E-state index >= 15 is 0 Å². The van der Waals surface area contributed by atoms with Gasteiger partial charge < -0.3 is 5.73 Å². The molecule has 0 aliphatic rings. The van der Waals surface area contributed by atoms with Crippen molar-refractivity contribution in [1.82, 2.24) is 14.8 Å². The minimum Gasteiger partial charge on any atom is -0.368 e. The fourth-order valence-electron chi connectivity index (χ4n) is 1.79. The molecular formula is C13H14FN5S. The topological polar surface area (TPSA) is 80.5 Å². The Morgan fingerprint density at radius 3 is 2.85 bits per heavy atom.